The van der Waals surface area contributed by atoms with Crippen molar-refractivity contribution < 1.29 is 9.47 Å². The molecule has 0 unspecified atom stereocenters. The van der Waals surface area contributed by atoms with Crippen molar-refractivity contribution in [2.45, 2.75) is 13.5 Å². The van der Waals surface area contributed by atoms with Gasteiger partial charge >= 0.3 is 0 Å². The molecule has 0 aliphatic rings. The highest BCUT2D eigenvalue weighted by Crippen LogP contribution is 2.36. The summed E-state index contributed by atoms with van der Waals surface area (Å²) < 4.78 is 14.3. The topological polar surface area (TPSA) is 44.2 Å². The molecule has 0 aliphatic carbocycles. The van der Waals surface area contributed by atoms with E-state index in [0.717, 1.165) is 37.8 Å². The summed E-state index contributed by atoms with van der Waals surface area (Å²) >= 11 is 3.24. The van der Waals surface area contributed by atoms with Crippen LogP contribution in [-0.2, 0) is 6.61 Å². The van der Waals surface area contributed by atoms with Gasteiger partial charge in [-0.05, 0) is 53.6 Å². The van der Waals surface area contributed by atoms with Gasteiger partial charge in [0.1, 0.15) is 12.4 Å². The van der Waals surface area contributed by atoms with Crippen molar-refractivity contribution in [1.82, 2.24) is 9.97 Å². The second-order valence-corrected chi connectivity index (χ2v) is 9.13. The summed E-state index contributed by atoms with van der Waals surface area (Å²) in [6.07, 6.45) is 0. The number of aromatic nitrogens is 2. The van der Waals surface area contributed by atoms with Crippen molar-refractivity contribution in [1.29, 1.82) is 0 Å². The molecule has 0 atom stereocenters. The largest absolute Gasteiger partial charge is 0.494 e. The van der Waals surface area contributed by atoms with Crippen molar-refractivity contribution in [3.63, 3.8) is 0 Å². The number of benzene rings is 4. The molecule has 0 N–H and O–H groups in total. The lowest BCUT2D eigenvalue weighted by Gasteiger charge is -2.10. The minimum absolute atomic E-state index is 0.428. The predicted octanol–water partition coefficient (Wildman–Crippen LogP) is 7.19. The van der Waals surface area contributed by atoms with Crippen molar-refractivity contribution in [2.75, 3.05) is 6.61 Å². The van der Waals surface area contributed by atoms with Gasteiger partial charge < -0.3 is 9.47 Å². The molecular formula is C25H18N2O2S2. The van der Waals surface area contributed by atoms with Gasteiger partial charge in [-0.3, -0.25) is 0 Å². The predicted molar refractivity (Wildman–Crippen MR) is 130 cm³/mol. The van der Waals surface area contributed by atoms with Crippen molar-refractivity contribution in [3.05, 3.63) is 71.7 Å². The van der Waals surface area contributed by atoms with Gasteiger partial charge in [0.2, 0.25) is 0 Å². The monoisotopic (exact) mass is 442 g/mol. The molecule has 0 bridgehead atoms. The van der Waals surface area contributed by atoms with Crippen LogP contribution in [0.25, 0.3) is 42.0 Å². The number of hydrogen-bond donors (Lipinski definition) is 0. The molecule has 0 radical (unpaired) electrons. The second kappa shape index (κ2) is 7.48. The molecule has 0 fully saturated rings. The van der Waals surface area contributed by atoms with Crippen molar-refractivity contribution >= 4 is 64.7 Å². The molecule has 4 aromatic carbocycles. The first-order valence-electron chi connectivity index (χ1n) is 10.1. The first-order chi connectivity index (χ1) is 15.3. The lowest BCUT2D eigenvalue weighted by Crippen LogP contribution is -1.97. The van der Waals surface area contributed by atoms with E-state index in [0.29, 0.717) is 18.4 Å². The third kappa shape index (κ3) is 3.19. The maximum absolute atomic E-state index is 6.20. The van der Waals surface area contributed by atoms with E-state index in [1.807, 2.05) is 30.6 Å². The summed E-state index contributed by atoms with van der Waals surface area (Å²) in [4.78, 5) is 9.32. The zero-order chi connectivity index (χ0) is 20.8. The van der Waals surface area contributed by atoms with Crippen molar-refractivity contribution in [2.24, 2.45) is 0 Å². The third-order valence-corrected chi connectivity index (χ3v) is 7.22. The van der Waals surface area contributed by atoms with Crippen LogP contribution in [0.1, 0.15) is 12.5 Å². The normalized spacial score (nSPS) is 11.6. The van der Waals surface area contributed by atoms with Crippen LogP contribution < -0.4 is 9.47 Å². The van der Waals surface area contributed by atoms with Crippen LogP contribution in [0, 0.1) is 0 Å². The number of rotatable bonds is 5. The average Bonchev–Trinajstić information content (AvgIpc) is 3.44. The van der Waals surface area contributed by atoms with Gasteiger partial charge in [-0.1, -0.05) is 41.7 Å². The Bertz CT molecular complexity index is 1570. The summed E-state index contributed by atoms with van der Waals surface area (Å²) in [6, 6.07) is 20.9. The molecule has 6 aromatic rings. The van der Waals surface area contributed by atoms with E-state index < -0.39 is 0 Å². The summed E-state index contributed by atoms with van der Waals surface area (Å²) in [6.45, 7) is 3.06. The summed E-state index contributed by atoms with van der Waals surface area (Å²) in [5.74, 6) is 0.867. The van der Waals surface area contributed by atoms with Crippen LogP contribution >= 0.6 is 22.7 Å². The van der Waals surface area contributed by atoms with Crippen LogP contribution in [0.2, 0.25) is 0 Å². The van der Waals surface area contributed by atoms with Gasteiger partial charge in [0.05, 0.1) is 32.6 Å². The van der Waals surface area contributed by atoms with E-state index in [1.54, 1.807) is 22.7 Å². The number of hydrogen-bond acceptors (Lipinski definition) is 6. The quantitative estimate of drug-likeness (QED) is 0.283. The van der Waals surface area contributed by atoms with E-state index in [9.17, 15) is 0 Å². The molecule has 0 saturated carbocycles. The molecule has 0 saturated heterocycles. The highest BCUT2D eigenvalue weighted by molar-refractivity contribution is 7.20. The lowest BCUT2D eigenvalue weighted by atomic mass is 10.0. The van der Waals surface area contributed by atoms with Crippen LogP contribution in [-0.4, -0.2) is 16.6 Å². The maximum Gasteiger partial charge on any atom is 0.274 e. The molecular weight excluding hydrogens is 424 g/mol. The second-order valence-electron chi connectivity index (χ2n) is 7.28. The van der Waals surface area contributed by atoms with Crippen LogP contribution in [0.5, 0.6) is 10.9 Å². The van der Waals surface area contributed by atoms with Gasteiger partial charge in [-0.15, -0.1) is 11.3 Å². The van der Waals surface area contributed by atoms with Gasteiger partial charge in [0.25, 0.3) is 5.19 Å². The molecule has 31 heavy (non-hydrogen) atoms. The number of nitrogens with zero attached hydrogens (tertiary/aromatic N) is 2. The minimum Gasteiger partial charge on any atom is -0.494 e. The van der Waals surface area contributed by atoms with Crippen molar-refractivity contribution in [3.8, 4) is 10.9 Å². The minimum atomic E-state index is 0.428. The molecule has 152 valence electrons. The molecule has 2 heterocycles. The van der Waals surface area contributed by atoms with Crippen LogP contribution in [0.4, 0.5) is 0 Å². The zero-order valence-electron chi connectivity index (χ0n) is 16.8. The first kappa shape index (κ1) is 18.5. The van der Waals surface area contributed by atoms with E-state index >= 15 is 0 Å². The molecule has 0 spiro atoms. The zero-order valence-corrected chi connectivity index (χ0v) is 18.4. The molecule has 0 aliphatic heterocycles. The number of ether oxygens (including phenoxy) is 2. The summed E-state index contributed by atoms with van der Waals surface area (Å²) in [5.41, 5.74) is 4.97. The Balaban J connectivity index is 1.41. The summed E-state index contributed by atoms with van der Waals surface area (Å²) in [7, 11) is 0. The van der Waals surface area contributed by atoms with E-state index in [1.165, 1.54) is 15.5 Å². The number of thiazole rings is 2. The highest BCUT2D eigenvalue weighted by atomic mass is 32.1. The van der Waals surface area contributed by atoms with Gasteiger partial charge in [0, 0.05) is 10.8 Å². The Hall–Kier alpha value is -3.22. The van der Waals surface area contributed by atoms with E-state index in [4.69, 9.17) is 14.5 Å². The highest BCUT2D eigenvalue weighted by Gasteiger charge is 2.13. The molecule has 0 amide bonds. The summed E-state index contributed by atoms with van der Waals surface area (Å²) in [5, 5.41) is 5.34. The molecule has 6 heteroatoms. The third-order valence-electron chi connectivity index (χ3n) is 5.41. The Morgan fingerprint density at radius 3 is 2.77 bits per heavy atom. The maximum atomic E-state index is 6.20. The molecule has 4 nitrogen and oxygen atoms in total. The standard InChI is InChI=1S/C25H18N2O2S2/c1-2-28-17-8-9-19-20(12-17)16(11-21-24(19)30-14-26-21)13-29-25-27-23-18-6-4-3-5-15(18)7-10-22(23)31-25/h3-12,14H,2,13H2,1H3. The van der Waals surface area contributed by atoms with Gasteiger partial charge in [-0.25, -0.2) is 9.97 Å². The Morgan fingerprint density at radius 2 is 1.84 bits per heavy atom. The number of fused-ring (bicyclic) bond motifs is 6. The van der Waals surface area contributed by atoms with Crippen LogP contribution in [0.3, 0.4) is 0 Å². The first-order valence-corrected chi connectivity index (χ1v) is 11.8. The average molecular weight is 443 g/mol. The van der Waals surface area contributed by atoms with Crippen LogP contribution in [0.15, 0.2) is 66.2 Å². The van der Waals surface area contributed by atoms with E-state index in [2.05, 4.69) is 47.4 Å². The molecule has 6 rings (SSSR count). The fourth-order valence-electron chi connectivity index (χ4n) is 4.01. The van der Waals surface area contributed by atoms with E-state index in [-0.39, 0.29) is 0 Å². The Kier molecular flexibility index (Phi) is 4.47. The fraction of sp³-hybridized carbons (Fsp3) is 0.120. The Labute approximate surface area is 186 Å². The van der Waals surface area contributed by atoms with Gasteiger partial charge in [-0.2, -0.15) is 0 Å². The molecule has 2 aromatic heterocycles. The Morgan fingerprint density at radius 1 is 0.903 bits per heavy atom. The fourth-order valence-corrected chi connectivity index (χ4v) is 5.65. The van der Waals surface area contributed by atoms with Gasteiger partial charge in [0.15, 0.2) is 0 Å². The SMILES string of the molecule is CCOc1ccc2c(c1)c(COc1nc3c(ccc4ccccc43)s1)cc1ncsc12. The smallest absolute Gasteiger partial charge is 0.274 e. The lowest BCUT2D eigenvalue weighted by molar-refractivity contribution is 0.307.